The predicted octanol–water partition coefficient (Wildman–Crippen LogP) is 3.79. The molecule has 2 heteroatoms. The largest absolute Gasteiger partial charge is 0.330 e. The first-order chi connectivity index (χ1) is 8.78. The predicted molar refractivity (Wildman–Crippen MR) is 80.8 cm³/mol. The first-order valence-electron chi connectivity index (χ1n) is 8.24. The number of unbranched alkanes of at least 4 members (excludes halogenated alkanes) is 1. The van der Waals surface area contributed by atoms with Crippen LogP contribution in [-0.4, -0.2) is 30.1 Å². The van der Waals surface area contributed by atoms with Crippen molar-refractivity contribution < 1.29 is 0 Å². The van der Waals surface area contributed by atoms with E-state index in [1.165, 1.54) is 57.9 Å². The van der Waals surface area contributed by atoms with Gasteiger partial charge in [0.1, 0.15) is 0 Å². The SMILES string of the molecule is CCCCC(CC)N(CC)C1CCCCC1CN. The van der Waals surface area contributed by atoms with Gasteiger partial charge in [0.2, 0.25) is 0 Å². The van der Waals surface area contributed by atoms with Gasteiger partial charge >= 0.3 is 0 Å². The van der Waals surface area contributed by atoms with E-state index in [1.807, 2.05) is 0 Å². The Morgan fingerprint density at radius 1 is 1.17 bits per heavy atom. The Morgan fingerprint density at radius 2 is 1.89 bits per heavy atom. The van der Waals surface area contributed by atoms with Crippen molar-refractivity contribution in [2.75, 3.05) is 13.1 Å². The van der Waals surface area contributed by atoms with E-state index in [9.17, 15) is 0 Å². The zero-order chi connectivity index (χ0) is 13.4. The summed E-state index contributed by atoms with van der Waals surface area (Å²) in [4.78, 5) is 2.78. The molecule has 0 aromatic carbocycles. The van der Waals surface area contributed by atoms with E-state index in [4.69, 9.17) is 5.73 Å². The van der Waals surface area contributed by atoms with Crippen LogP contribution in [0.4, 0.5) is 0 Å². The molecule has 0 radical (unpaired) electrons. The molecule has 0 saturated heterocycles. The summed E-state index contributed by atoms with van der Waals surface area (Å²) in [7, 11) is 0. The third kappa shape index (κ3) is 4.24. The van der Waals surface area contributed by atoms with E-state index in [-0.39, 0.29) is 0 Å². The lowest BCUT2D eigenvalue weighted by molar-refractivity contribution is 0.0634. The summed E-state index contributed by atoms with van der Waals surface area (Å²) in [5, 5.41) is 0. The Kier molecular flexibility index (Phi) is 7.92. The van der Waals surface area contributed by atoms with Gasteiger partial charge in [-0.1, -0.05) is 46.5 Å². The van der Waals surface area contributed by atoms with Crippen molar-refractivity contribution >= 4 is 0 Å². The van der Waals surface area contributed by atoms with Gasteiger partial charge in [-0.3, -0.25) is 4.90 Å². The van der Waals surface area contributed by atoms with Gasteiger partial charge in [-0.05, 0) is 44.7 Å². The summed E-state index contributed by atoms with van der Waals surface area (Å²) >= 11 is 0. The molecule has 0 aliphatic heterocycles. The fraction of sp³-hybridized carbons (Fsp3) is 1.00. The van der Waals surface area contributed by atoms with Crippen LogP contribution in [0.5, 0.6) is 0 Å². The van der Waals surface area contributed by atoms with Crippen LogP contribution < -0.4 is 5.73 Å². The van der Waals surface area contributed by atoms with Gasteiger partial charge in [-0.25, -0.2) is 0 Å². The maximum atomic E-state index is 6.00. The van der Waals surface area contributed by atoms with Gasteiger partial charge in [0.15, 0.2) is 0 Å². The lowest BCUT2D eigenvalue weighted by Gasteiger charge is -2.43. The average Bonchev–Trinajstić information content (AvgIpc) is 2.43. The molecule has 0 spiro atoms. The Labute approximate surface area is 114 Å². The lowest BCUT2D eigenvalue weighted by atomic mass is 9.82. The molecular formula is C16H34N2. The Bertz CT molecular complexity index is 205. The minimum absolute atomic E-state index is 0.745. The van der Waals surface area contributed by atoms with E-state index in [0.717, 1.165) is 24.5 Å². The highest BCUT2D eigenvalue weighted by molar-refractivity contribution is 4.86. The molecular weight excluding hydrogens is 220 g/mol. The molecule has 1 fully saturated rings. The third-order valence-electron chi connectivity index (χ3n) is 4.79. The van der Waals surface area contributed by atoms with Crippen molar-refractivity contribution in [1.82, 2.24) is 4.90 Å². The minimum Gasteiger partial charge on any atom is -0.330 e. The molecule has 3 unspecified atom stereocenters. The van der Waals surface area contributed by atoms with Gasteiger partial charge in [-0.15, -0.1) is 0 Å². The van der Waals surface area contributed by atoms with Crippen molar-refractivity contribution in [3.63, 3.8) is 0 Å². The van der Waals surface area contributed by atoms with Crippen LogP contribution >= 0.6 is 0 Å². The molecule has 1 rings (SSSR count). The molecule has 108 valence electrons. The summed E-state index contributed by atoms with van der Waals surface area (Å²) < 4.78 is 0. The highest BCUT2D eigenvalue weighted by atomic mass is 15.2. The van der Waals surface area contributed by atoms with Crippen LogP contribution in [0.15, 0.2) is 0 Å². The molecule has 1 aliphatic carbocycles. The zero-order valence-corrected chi connectivity index (χ0v) is 12.8. The second-order valence-electron chi connectivity index (χ2n) is 5.88. The van der Waals surface area contributed by atoms with Crippen LogP contribution in [0.25, 0.3) is 0 Å². The fourth-order valence-corrected chi connectivity index (χ4v) is 3.71. The van der Waals surface area contributed by atoms with Crippen molar-refractivity contribution in [1.29, 1.82) is 0 Å². The average molecular weight is 254 g/mol. The van der Waals surface area contributed by atoms with Crippen LogP contribution in [-0.2, 0) is 0 Å². The fourth-order valence-electron chi connectivity index (χ4n) is 3.71. The highest BCUT2D eigenvalue weighted by Gasteiger charge is 2.31. The third-order valence-corrected chi connectivity index (χ3v) is 4.79. The number of rotatable bonds is 8. The maximum absolute atomic E-state index is 6.00. The molecule has 3 atom stereocenters. The number of hydrogen-bond donors (Lipinski definition) is 1. The number of hydrogen-bond acceptors (Lipinski definition) is 2. The number of nitrogens with zero attached hydrogens (tertiary/aromatic N) is 1. The van der Waals surface area contributed by atoms with Crippen LogP contribution in [0.1, 0.15) is 72.1 Å². The summed E-state index contributed by atoms with van der Waals surface area (Å²) in [6.07, 6.45) is 10.9. The molecule has 0 aromatic rings. The molecule has 2 N–H and O–H groups in total. The number of nitrogens with two attached hydrogens (primary N) is 1. The topological polar surface area (TPSA) is 29.3 Å². The monoisotopic (exact) mass is 254 g/mol. The molecule has 18 heavy (non-hydrogen) atoms. The van der Waals surface area contributed by atoms with E-state index < -0.39 is 0 Å². The van der Waals surface area contributed by atoms with Crippen molar-refractivity contribution in [3.05, 3.63) is 0 Å². The van der Waals surface area contributed by atoms with Crippen molar-refractivity contribution in [2.24, 2.45) is 11.7 Å². The standard InChI is InChI=1S/C16H34N2/c1-4-7-11-15(5-2)18(6-3)16-12-9-8-10-14(16)13-17/h14-16H,4-13,17H2,1-3H3. The molecule has 0 bridgehead atoms. The highest BCUT2D eigenvalue weighted by Crippen LogP contribution is 2.30. The molecule has 0 aromatic heterocycles. The Morgan fingerprint density at radius 3 is 2.44 bits per heavy atom. The molecule has 1 aliphatic rings. The van der Waals surface area contributed by atoms with Gasteiger partial charge in [0.05, 0.1) is 0 Å². The van der Waals surface area contributed by atoms with Crippen molar-refractivity contribution in [3.8, 4) is 0 Å². The van der Waals surface area contributed by atoms with E-state index in [0.29, 0.717) is 0 Å². The van der Waals surface area contributed by atoms with Crippen LogP contribution in [0, 0.1) is 5.92 Å². The zero-order valence-electron chi connectivity index (χ0n) is 12.8. The summed E-state index contributed by atoms with van der Waals surface area (Å²) in [6.45, 7) is 9.06. The molecule has 1 saturated carbocycles. The van der Waals surface area contributed by atoms with Crippen LogP contribution in [0.2, 0.25) is 0 Å². The maximum Gasteiger partial charge on any atom is 0.0138 e. The Balaban J connectivity index is 2.65. The first-order valence-corrected chi connectivity index (χ1v) is 8.24. The second-order valence-corrected chi connectivity index (χ2v) is 5.88. The minimum atomic E-state index is 0.745. The molecule has 0 amide bonds. The summed E-state index contributed by atoms with van der Waals surface area (Å²) in [5.41, 5.74) is 6.00. The summed E-state index contributed by atoms with van der Waals surface area (Å²) in [6, 6.07) is 1.54. The van der Waals surface area contributed by atoms with Gasteiger partial charge in [0, 0.05) is 12.1 Å². The van der Waals surface area contributed by atoms with Crippen molar-refractivity contribution in [2.45, 2.75) is 84.2 Å². The Hall–Kier alpha value is -0.0800. The van der Waals surface area contributed by atoms with Gasteiger partial charge in [0.25, 0.3) is 0 Å². The first kappa shape index (κ1) is 16.0. The quantitative estimate of drug-likeness (QED) is 0.714. The smallest absolute Gasteiger partial charge is 0.0138 e. The molecule has 0 heterocycles. The van der Waals surface area contributed by atoms with Gasteiger partial charge < -0.3 is 5.73 Å². The van der Waals surface area contributed by atoms with Gasteiger partial charge in [-0.2, -0.15) is 0 Å². The van der Waals surface area contributed by atoms with E-state index >= 15 is 0 Å². The van der Waals surface area contributed by atoms with Crippen LogP contribution in [0.3, 0.4) is 0 Å². The van der Waals surface area contributed by atoms with E-state index in [2.05, 4.69) is 25.7 Å². The summed E-state index contributed by atoms with van der Waals surface area (Å²) in [5.74, 6) is 0.745. The molecule has 2 nitrogen and oxygen atoms in total. The van der Waals surface area contributed by atoms with E-state index in [1.54, 1.807) is 0 Å². The lowest BCUT2D eigenvalue weighted by Crippen LogP contribution is -2.49. The second kappa shape index (κ2) is 8.92. The normalized spacial score (nSPS) is 26.5.